The van der Waals surface area contributed by atoms with Crippen LogP contribution in [-0.2, 0) is 25.7 Å². The van der Waals surface area contributed by atoms with Gasteiger partial charge < -0.3 is 24.3 Å². The summed E-state index contributed by atoms with van der Waals surface area (Å²) in [5.74, 6) is -0.181. The van der Waals surface area contributed by atoms with E-state index in [9.17, 15) is 19.5 Å². The highest BCUT2D eigenvalue weighted by Gasteiger charge is 2.42. The van der Waals surface area contributed by atoms with E-state index in [-0.39, 0.29) is 37.0 Å². The number of hydrogen-bond donors (Lipinski definition) is 1. The second-order valence-corrected chi connectivity index (χ2v) is 9.68. The first kappa shape index (κ1) is 24.2. The molecule has 3 atom stereocenters. The van der Waals surface area contributed by atoms with E-state index in [2.05, 4.69) is 0 Å². The number of carbonyl (C=O) groups excluding carboxylic acids is 3. The summed E-state index contributed by atoms with van der Waals surface area (Å²) in [5, 5.41) is 10.1. The summed E-state index contributed by atoms with van der Waals surface area (Å²) in [7, 11) is 0. The van der Waals surface area contributed by atoms with E-state index in [1.165, 1.54) is 4.90 Å². The van der Waals surface area contributed by atoms with Crippen LogP contribution in [0.4, 0.5) is 4.79 Å². The predicted octanol–water partition coefficient (Wildman–Crippen LogP) is 2.38. The zero-order valence-corrected chi connectivity index (χ0v) is 19.1. The molecule has 32 heavy (non-hydrogen) atoms. The number of β-amino-alcohol motifs (C(OH)–C–C–N with tert-alkyl or cyclic N) is 1. The predicted molar refractivity (Wildman–Crippen MR) is 118 cm³/mol. The number of rotatable bonds is 6. The van der Waals surface area contributed by atoms with Crippen molar-refractivity contribution in [3.8, 4) is 0 Å². The number of aliphatic hydroxyl groups is 1. The van der Waals surface area contributed by atoms with Crippen LogP contribution < -0.4 is 0 Å². The largest absolute Gasteiger partial charge is 0.445 e. The number of aldehydes is 1. The highest BCUT2D eigenvalue weighted by Crippen LogP contribution is 2.27. The number of nitrogens with zero attached hydrogens (tertiary/aromatic N) is 2. The van der Waals surface area contributed by atoms with E-state index in [1.54, 1.807) is 4.90 Å². The van der Waals surface area contributed by atoms with Gasteiger partial charge in [-0.3, -0.25) is 9.69 Å². The molecule has 0 saturated carbocycles. The molecule has 2 unspecified atom stereocenters. The summed E-state index contributed by atoms with van der Waals surface area (Å²) in [4.78, 5) is 40.2. The Balaban J connectivity index is 1.54. The number of amides is 2. The minimum atomic E-state index is -0.755. The Morgan fingerprint density at radius 2 is 1.84 bits per heavy atom. The summed E-state index contributed by atoms with van der Waals surface area (Å²) in [5.41, 5.74) is 0.574. The van der Waals surface area contributed by atoms with E-state index in [4.69, 9.17) is 9.47 Å². The van der Waals surface area contributed by atoms with Gasteiger partial charge in [-0.2, -0.15) is 0 Å². The zero-order valence-electron chi connectivity index (χ0n) is 19.1. The van der Waals surface area contributed by atoms with Crippen LogP contribution in [0.5, 0.6) is 0 Å². The van der Waals surface area contributed by atoms with Crippen molar-refractivity contribution in [1.29, 1.82) is 0 Å². The standard InChI is InChI=1S/C24H34N2O6/c1-24(2,3)21(15-27)32-19-9-11-25(12-10-19)22(29)20-13-18(28)14-26(20)23(30)31-16-17-7-5-4-6-8-17/h4-8,15,18-21,28H,9-14,16H2,1-3H3/t18?,20-,21?/m1/s1. The van der Waals surface area contributed by atoms with Crippen molar-refractivity contribution in [2.24, 2.45) is 5.41 Å². The summed E-state index contributed by atoms with van der Waals surface area (Å²) in [6.07, 6.45) is 0.364. The topological polar surface area (TPSA) is 96.4 Å². The first-order chi connectivity index (χ1) is 15.2. The van der Waals surface area contributed by atoms with Crippen molar-refractivity contribution >= 4 is 18.3 Å². The van der Waals surface area contributed by atoms with Gasteiger partial charge in [0.25, 0.3) is 0 Å². The minimum Gasteiger partial charge on any atom is -0.445 e. The lowest BCUT2D eigenvalue weighted by atomic mass is 9.89. The lowest BCUT2D eigenvalue weighted by Gasteiger charge is -2.37. The summed E-state index contributed by atoms with van der Waals surface area (Å²) in [6.45, 7) is 7.04. The van der Waals surface area contributed by atoms with Crippen LogP contribution in [0, 0.1) is 5.41 Å². The van der Waals surface area contributed by atoms with E-state index < -0.39 is 24.3 Å². The molecule has 0 bridgehead atoms. The zero-order chi connectivity index (χ0) is 23.3. The normalized spacial score (nSPS) is 23.1. The lowest BCUT2D eigenvalue weighted by Crippen LogP contribution is -2.51. The molecule has 1 N–H and O–H groups in total. The fourth-order valence-electron chi connectivity index (χ4n) is 4.12. The molecule has 2 aliphatic heterocycles. The van der Waals surface area contributed by atoms with Crippen molar-refractivity contribution in [1.82, 2.24) is 9.80 Å². The Labute approximate surface area is 189 Å². The number of likely N-dealkylation sites (tertiary alicyclic amines) is 2. The van der Waals surface area contributed by atoms with Gasteiger partial charge in [0.15, 0.2) is 0 Å². The first-order valence-corrected chi connectivity index (χ1v) is 11.2. The Bertz CT molecular complexity index is 785. The second-order valence-electron chi connectivity index (χ2n) is 9.68. The third-order valence-corrected chi connectivity index (χ3v) is 6.07. The van der Waals surface area contributed by atoms with Crippen LogP contribution >= 0.6 is 0 Å². The smallest absolute Gasteiger partial charge is 0.410 e. The highest BCUT2D eigenvalue weighted by atomic mass is 16.6. The molecule has 2 saturated heterocycles. The van der Waals surface area contributed by atoms with Crippen LogP contribution in [0.15, 0.2) is 30.3 Å². The monoisotopic (exact) mass is 446 g/mol. The van der Waals surface area contributed by atoms with Crippen molar-refractivity contribution in [2.45, 2.75) is 71.0 Å². The van der Waals surface area contributed by atoms with Gasteiger partial charge in [-0.15, -0.1) is 0 Å². The van der Waals surface area contributed by atoms with Crippen LogP contribution in [0.3, 0.4) is 0 Å². The average Bonchev–Trinajstić information content (AvgIpc) is 3.17. The van der Waals surface area contributed by atoms with Gasteiger partial charge in [-0.05, 0) is 23.8 Å². The van der Waals surface area contributed by atoms with Gasteiger partial charge in [0.1, 0.15) is 25.0 Å². The molecule has 1 aromatic rings. The van der Waals surface area contributed by atoms with Crippen LogP contribution in [-0.4, -0.2) is 77.2 Å². The number of benzene rings is 1. The molecule has 2 fully saturated rings. The molecule has 2 amide bonds. The third-order valence-electron chi connectivity index (χ3n) is 6.07. The van der Waals surface area contributed by atoms with Gasteiger partial charge in [-0.25, -0.2) is 4.79 Å². The van der Waals surface area contributed by atoms with Crippen LogP contribution in [0.25, 0.3) is 0 Å². The van der Waals surface area contributed by atoms with E-state index in [0.29, 0.717) is 25.9 Å². The number of ether oxygens (including phenoxy) is 2. The van der Waals surface area contributed by atoms with Gasteiger partial charge >= 0.3 is 6.09 Å². The van der Waals surface area contributed by atoms with Gasteiger partial charge in [0.05, 0.1) is 18.8 Å². The van der Waals surface area contributed by atoms with Crippen molar-refractivity contribution in [3.05, 3.63) is 35.9 Å². The molecular weight excluding hydrogens is 412 g/mol. The molecule has 1 aromatic carbocycles. The third kappa shape index (κ3) is 6.07. The van der Waals surface area contributed by atoms with E-state index in [0.717, 1.165) is 11.8 Å². The summed E-state index contributed by atoms with van der Waals surface area (Å²) < 4.78 is 11.4. The van der Waals surface area contributed by atoms with Gasteiger partial charge in [0.2, 0.25) is 5.91 Å². The Hall–Kier alpha value is -2.45. The summed E-state index contributed by atoms with van der Waals surface area (Å²) >= 11 is 0. The minimum absolute atomic E-state index is 0.0796. The van der Waals surface area contributed by atoms with Gasteiger partial charge in [0, 0.05) is 19.5 Å². The molecule has 0 aliphatic carbocycles. The van der Waals surface area contributed by atoms with E-state index >= 15 is 0 Å². The van der Waals surface area contributed by atoms with Crippen molar-refractivity contribution in [2.75, 3.05) is 19.6 Å². The number of carbonyl (C=O) groups is 3. The SMILES string of the molecule is CC(C)(C)C(C=O)OC1CCN(C(=O)[C@H]2CC(O)CN2C(=O)OCc2ccccc2)CC1. The number of piperidine rings is 1. The molecule has 0 radical (unpaired) electrons. The average molecular weight is 447 g/mol. The fourth-order valence-corrected chi connectivity index (χ4v) is 4.12. The maximum atomic E-state index is 13.1. The molecule has 0 aromatic heterocycles. The van der Waals surface area contributed by atoms with Crippen LogP contribution in [0.2, 0.25) is 0 Å². The molecule has 176 valence electrons. The lowest BCUT2D eigenvalue weighted by molar-refractivity contribution is -0.144. The molecule has 8 nitrogen and oxygen atoms in total. The first-order valence-electron chi connectivity index (χ1n) is 11.2. The fraction of sp³-hybridized carbons (Fsp3) is 0.625. The Morgan fingerprint density at radius 3 is 2.44 bits per heavy atom. The van der Waals surface area contributed by atoms with Crippen molar-refractivity contribution < 1.29 is 29.0 Å². The molecule has 8 heteroatoms. The second kappa shape index (κ2) is 10.4. The van der Waals surface area contributed by atoms with Crippen molar-refractivity contribution in [3.63, 3.8) is 0 Å². The number of aliphatic hydroxyl groups excluding tert-OH is 1. The molecule has 0 spiro atoms. The molecule has 3 rings (SSSR count). The Kier molecular flexibility index (Phi) is 7.90. The van der Waals surface area contributed by atoms with E-state index in [1.807, 2.05) is 51.1 Å². The molecule has 2 heterocycles. The summed E-state index contributed by atoms with van der Waals surface area (Å²) in [6, 6.07) is 8.59. The molecular formula is C24H34N2O6. The number of hydrogen-bond acceptors (Lipinski definition) is 6. The maximum Gasteiger partial charge on any atom is 0.410 e. The maximum absolute atomic E-state index is 13.1. The quantitative estimate of drug-likeness (QED) is 0.674. The van der Waals surface area contributed by atoms with Gasteiger partial charge in [-0.1, -0.05) is 51.1 Å². The van der Waals surface area contributed by atoms with Crippen LogP contribution in [0.1, 0.15) is 45.6 Å². The highest BCUT2D eigenvalue weighted by molar-refractivity contribution is 5.86. The Morgan fingerprint density at radius 1 is 1.19 bits per heavy atom. The molecule has 2 aliphatic rings.